The third-order valence-corrected chi connectivity index (χ3v) is 3.51. The number of carbonyl (C=O) groups excluding carboxylic acids is 1. The Morgan fingerprint density at radius 3 is 2.73 bits per heavy atom. The molecule has 2 rings (SSSR count). The predicted octanol–water partition coefficient (Wildman–Crippen LogP) is 0.703. The van der Waals surface area contributed by atoms with Crippen LogP contribution in [0.4, 0.5) is 5.69 Å². The molecule has 0 aromatic heterocycles. The minimum atomic E-state index is -1.62. The van der Waals surface area contributed by atoms with Crippen LogP contribution in [0.25, 0.3) is 0 Å². The highest BCUT2D eigenvalue weighted by atomic mass is 32.2. The smallest absolute Gasteiger partial charge is 0.268 e. The SMILES string of the molecule is CN1C(=O)c2ccc([N+](=O)[O-])cc2S1=O. The van der Waals surface area contributed by atoms with Gasteiger partial charge in [-0.2, -0.15) is 0 Å². The van der Waals surface area contributed by atoms with Crippen molar-refractivity contribution < 1.29 is 13.9 Å². The van der Waals surface area contributed by atoms with E-state index in [1.165, 1.54) is 25.2 Å². The lowest BCUT2D eigenvalue weighted by atomic mass is 10.2. The molecular weight excluding hydrogens is 220 g/mol. The highest BCUT2D eigenvalue weighted by molar-refractivity contribution is 7.83. The highest BCUT2D eigenvalue weighted by Gasteiger charge is 2.33. The summed E-state index contributed by atoms with van der Waals surface area (Å²) in [4.78, 5) is 21.6. The van der Waals surface area contributed by atoms with Gasteiger partial charge in [0.15, 0.2) is 11.0 Å². The van der Waals surface area contributed by atoms with Crippen molar-refractivity contribution in [2.24, 2.45) is 0 Å². The number of rotatable bonds is 1. The van der Waals surface area contributed by atoms with Gasteiger partial charge in [0.25, 0.3) is 11.6 Å². The van der Waals surface area contributed by atoms with E-state index in [9.17, 15) is 19.1 Å². The molecule has 1 aromatic carbocycles. The molecular formula is C8H6N2O4S. The zero-order valence-electron chi connectivity index (χ0n) is 7.67. The zero-order valence-corrected chi connectivity index (χ0v) is 8.48. The van der Waals surface area contributed by atoms with Crippen LogP contribution in [0.5, 0.6) is 0 Å². The van der Waals surface area contributed by atoms with Crippen molar-refractivity contribution in [3.8, 4) is 0 Å². The predicted molar refractivity (Wildman–Crippen MR) is 51.6 cm³/mol. The normalized spacial score (nSPS) is 19.1. The summed E-state index contributed by atoms with van der Waals surface area (Å²) in [5.74, 6) is -0.377. The van der Waals surface area contributed by atoms with Gasteiger partial charge < -0.3 is 0 Å². The summed E-state index contributed by atoms with van der Waals surface area (Å²) in [6.07, 6.45) is 0. The Bertz CT molecular complexity index is 499. The molecule has 1 aliphatic heterocycles. The number of non-ortho nitro benzene ring substituents is 1. The number of carbonyl (C=O) groups is 1. The molecule has 1 aliphatic rings. The third-order valence-electron chi connectivity index (χ3n) is 2.13. The van der Waals surface area contributed by atoms with E-state index in [0.717, 1.165) is 4.31 Å². The molecule has 0 aliphatic carbocycles. The minimum Gasteiger partial charge on any atom is -0.268 e. The molecule has 7 heteroatoms. The number of nitro groups is 1. The van der Waals surface area contributed by atoms with Crippen molar-refractivity contribution in [1.82, 2.24) is 4.31 Å². The van der Waals surface area contributed by atoms with Crippen LogP contribution in [0.2, 0.25) is 0 Å². The Morgan fingerprint density at radius 2 is 2.13 bits per heavy atom. The fourth-order valence-electron chi connectivity index (χ4n) is 1.34. The lowest BCUT2D eigenvalue weighted by Gasteiger charge is -2.03. The van der Waals surface area contributed by atoms with Crippen LogP contribution in [0.15, 0.2) is 23.1 Å². The molecule has 0 N–H and O–H groups in total. The largest absolute Gasteiger partial charge is 0.270 e. The molecule has 1 heterocycles. The summed E-state index contributed by atoms with van der Waals surface area (Å²) in [5.41, 5.74) is 0.103. The lowest BCUT2D eigenvalue weighted by Crippen LogP contribution is -2.20. The quantitative estimate of drug-likeness (QED) is 0.521. The Labute approximate surface area is 87.2 Å². The van der Waals surface area contributed by atoms with E-state index in [2.05, 4.69) is 0 Å². The van der Waals surface area contributed by atoms with E-state index in [1.807, 2.05) is 0 Å². The van der Waals surface area contributed by atoms with Crippen molar-refractivity contribution in [3.63, 3.8) is 0 Å². The van der Waals surface area contributed by atoms with E-state index >= 15 is 0 Å². The molecule has 15 heavy (non-hydrogen) atoms. The summed E-state index contributed by atoms with van der Waals surface area (Å²) < 4.78 is 12.6. The van der Waals surface area contributed by atoms with Crippen molar-refractivity contribution in [3.05, 3.63) is 33.9 Å². The second kappa shape index (κ2) is 3.13. The van der Waals surface area contributed by atoms with Gasteiger partial charge in [-0.25, -0.2) is 4.21 Å². The highest BCUT2D eigenvalue weighted by Crippen LogP contribution is 2.28. The maximum Gasteiger partial charge on any atom is 0.270 e. The van der Waals surface area contributed by atoms with Gasteiger partial charge in [-0.15, -0.1) is 0 Å². The second-order valence-electron chi connectivity index (χ2n) is 2.99. The standard InChI is InChI=1S/C8H6N2O4S/c1-9-8(11)6-3-2-5(10(12)13)4-7(6)15(9)14/h2-4H,1H3. The fourth-order valence-corrected chi connectivity index (χ4v) is 2.45. The Balaban J connectivity index is 2.61. The van der Waals surface area contributed by atoms with Crippen LogP contribution in [-0.4, -0.2) is 26.4 Å². The first-order valence-electron chi connectivity index (χ1n) is 4.01. The second-order valence-corrected chi connectivity index (χ2v) is 4.48. The number of fused-ring (bicyclic) bond motifs is 1. The topological polar surface area (TPSA) is 80.5 Å². The van der Waals surface area contributed by atoms with E-state index in [0.29, 0.717) is 0 Å². The van der Waals surface area contributed by atoms with Gasteiger partial charge in [0.2, 0.25) is 0 Å². The summed E-state index contributed by atoms with van der Waals surface area (Å²) in [6, 6.07) is 3.73. The van der Waals surface area contributed by atoms with Gasteiger partial charge >= 0.3 is 0 Å². The van der Waals surface area contributed by atoms with Crippen LogP contribution in [0, 0.1) is 10.1 Å². The van der Waals surface area contributed by atoms with Gasteiger partial charge in [-0.3, -0.25) is 19.2 Å². The number of nitro benzene ring substituents is 1. The van der Waals surface area contributed by atoms with Crippen molar-refractivity contribution in [2.45, 2.75) is 4.90 Å². The molecule has 1 amide bonds. The van der Waals surface area contributed by atoms with E-state index < -0.39 is 15.9 Å². The summed E-state index contributed by atoms with van der Waals surface area (Å²) in [5, 5.41) is 10.5. The van der Waals surface area contributed by atoms with Crippen molar-refractivity contribution >= 4 is 22.6 Å². The minimum absolute atomic E-state index is 0.162. The maximum atomic E-state index is 11.6. The lowest BCUT2D eigenvalue weighted by molar-refractivity contribution is -0.385. The molecule has 0 spiro atoms. The first kappa shape index (κ1) is 9.78. The molecule has 0 fully saturated rings. The molecule has 6 nitrogen and oxygen atoms in total. The summed E-state index contributed by atoms with van der Waals surface area (Å²) in [6.45, 7) is 0. The number of benzene rings is 1. The van der Waals surface area contributed by atoms with Crippen molar-refractivity contribution in [2.75, 3.05) is 7.05 Å². The Hall–Kier alpha value is -1.76. The monoisotopic (exact) mass is 226 g/mol. The van der Waals surface area contributed by atoms with Gasteiger partial charge in [-0.05, 0) is 6.07 Å². The van der Waals surface area contributed by atoms with Gasteiger partial charge in [0, 0.05) is 19.2 Å². The number of hydrogen-bond donors (Lipinski definition) is 0. The van der Waals surface area contributed by atoms with Crippen LogP contribution in [-0.2, 0) is 11.0 Å². The van der Waals surface area contributed by atoms with E-state index in [1.54, 1.807) is 0 Å². The fraction of sp³-hybridized carbons (Fsp3) is 0.125. The van der Waals surface area contributed by atoms with E-state index in [-0.39, 0.29) is 22.1 Å². The molecule has 1 unspecified atom stereocenters. The first-order valence-corrected chi connectivity index (χ1v) is 5.11. The molecule has 1 aromatic rings. The molecule has 1 atom stereocenters. The Kier molecular flexibility index (Phi) is 2.04. The van der Waals surface area contributed by atoms with Gasteiger partial charge in [0.1, 0.15) is 0 Å². The Morgan fingerprint density at radius 1 is 1.47 bits per heavy atom. The molecule has 0 radical (unpaired) electrons. The maximum absolute atomic E-state index is 11.6. The third kappa shape index (κ3) is 1.32. The van der Waals surface area contributed by atoms with Gasteiger partial charge in [0.05, 0.1) is 15.4 Å². The number of hydrogen-bond acceptors (Lipinski definition) is 4. The van der Waals surface area contributed by atoms with Gasteiger partial charge in [-0.1, -0.05) is 0 Å². The molecule has 0 saturated heterocycles. The summed E-state index contributed by atoms with van der Waals surface area (Å²) in [7, 11) is -0.227. The van der Waals surface area contributed by atoms with Crippen LogP contribution in [0.1, 0.15) is 10.4 Å². The zero-order chi connectivity index (χ0) is 11.2. The molecule has 78 valence electrons. The van der Waals surface area contributed by atoms with Crippen LogP contribution >= 0.6 is 0 Å². The average Bonchev–Trinajstić information content (AvgIpc) is 2.44. The molecule has 0 saturated carbocycles. The van der Waals surface area contributed by atoms with Crippen molar-refractivity contribution in [1.29, 1.82) is 0 Å². The van der Waals surface area contributed by atoms with E-state index in [4.69, 9.17) is 0 Å². The average molecular weight is 226 g/mol. The number of nitrogens with zero attached hydrogens (tertiary/aromatic N) is 2. The van der Waals surface area contributed by atoms with Crippen LogP contribution in [0.3, 0.4) is 0 Å². The summed E-state index contributed by atoms with van der Waals surface area (Å²) >= 11 is 0. The number of amides is 1. The van der Waals surface area contributed by atoms with Crippen LogP contribution < -0.4 is 0 Å². The first-order chi connectivity index (χ1) is 7.02. The molecule has 0 bridgehead atoms.